The van der Waals surface area contributed by atoms with Crippen LogP contribution in [0.1, 0.15) is 27.2 Å². The maximum Gasteiger partial charge on any atom is 0.0215 e. The van der Waals surface area contributed by atoms with Crippen LogP contribution in [0.2, 0.25) is 0 Å². The van der Waals surface area contributed by atoms with E-state index in [-0.39, 0.29) is 0 Å². The molecule has 1 heterocycles. The average molecular weight is 194 g/mol. The number of likely N-dealkylation sites (tertiary alicyclic amines) is 1. The molecular formula is C12H22N2. The van der Waals surface area contributed by atoms with Gasteiger partial charge in [-0.25, -0.2) is 0 Å². The molecule has 0 saturated carbocycles. The molecule has 0 radical (unpaired) electrons. The maximum atomic E-state index is 5.66. The van der Waals surface area contributed by atoms with Crippen LogP contribution in [-0.2, 0) is 0 Å². The molecule has 1 saturated heterocycles. The van der Waals surface area contributed by atoms with Gasteiger partial charge in [-0.1, -0.05) is 11.6 Å². The van der Waals surface area contributed by atoms with Gasteiger partial charge < -0.3 is 10.6 Å². The van der Waals surface area contributed by atoms with Crippen molar-refractivity contribution in [1.82, 2.24) is 4.90 Å². The van der Waals surface area contributed by atoms with Gasteiger partial charge in [0.2, 0.25) is 0 Å². The lowest BCUT2D eigenvalue weighted by atomic mass is 10.1. The Hall–Kier alpha value is -0.760. The Bertz CT molecular complexity index is 237. The topological polar surface area (TPSA) is 29.3 Å². The second-order valence-electron chi connectivity index (χ2n) is 4.39. The molecule has 0 aliphatic carbocycles. The van der Waals surface area contributed by atoms with Crippen molar-refractivity contribution in [2.75, 3.05) is 19.6 Å². The average Bonchev–Trinajstić information content (AvgIpc) is 2.62. The van der Waals surface area contributed by atoms with Crippen LogP contribution in [-0.4, -0.2) is 24.5 Å². The highest BCUT2D eigenvalue weighted by Gasteiger charge is 2.20. The molecule has 1 aliphatic heterocycles. The molecule has 1 atom stereocenters. The maximum absolute atomic E-state index is 5.66. The van der Waals surface area contributed by atoms with E-state index < -0.39 is 0 Å². The van der Waals surface area contributed by atoms with Crippen molar-refractivity contribution in [2.24, 2.45) is 11.7 Å². The Morgan fingerprint density at radius 3 is 2.57 bits per heavy atom. The van der Waals surface area contributed by atoms with Crippen molar-refractivity contribution in [3.05, 3.63) is 23.4 Å². The first-order valence-corrected chi connectivity index (χ1v) is 5.40. The number of allylic oxidation sites excluding steroid dienone is 4. The van der Waals surface area contributed by atoms with Gasteiger partial charge >= 0.3 is 0 Å². The lowest BCUT2D eigenvalue weighted by molar-refractivity contribution is 0.406. The molecule has 0 amide bonds. The van der Waals surface area contributed by atoms with Crippen LogP contribution < -0.4 is 5.73 Å². The minimum atomic E-state index is 0.699. The van der Waals surface area contributed by atoms with Crippen molar-refractivity contribution >= 4 is 0 Å². The fourth-order valence-corrected chi connectivity index (χ4v) is 1.74. The van der Waals surface area contributed by atoms with E-state index in [2.05, 4.69) is 37.8 Å². The second kappa shape index (κ2) is 5.20. The summed E-state index contributed by atoms with van der Waals surface area (Å²) in [6, 6.07) is 0. The van der Waals surface area contributed by atoms with Crippen LogP contribution in [0, 0.1) is 5.92 Å². The van der Waals surface area contributed by atoms with Gasteiger partial charge in [-0.3, -0.25) is 0 Å². The first kappa shape index (κ1) is 11.3. The van der Waals surface area contributed by atoms with Gasteiger partial charge in [-0.05, 0) is 45.7 Å². The van der Waals surface area contributed by atoms with Crippen LogP contribution >= 0.6 is 0 Å². The summed E-state index contributed by atoms with van der Waals surface area (Å²) < 4.78 is 0. The molecule has 80 valence electrons. The van der Waals surface area contributed by atoms with E-state index in [1.54, 1.807) is 0 Å². The number of nitrogens with zero attached hydrogens (tertiary/aromatic N) is 1. The highest BCUT2D eigenvalue weighted by atomic mass is 15.2. The van der Waals surface area contributed by atoms with E-state index in [4.69, 9.17) is 5.73 Å². The van der Waals surface area contributed by atoms with Gasteiger partial charge in [-0.15, -0.1) is 0 Å². The van der Waals surface area contributed by atoms with Gasteiger partial charge in [-0.2, -0.15) is 0 Å². The molecule has 14 heavy (non-hydrogen) atoms. The highest BCUT2D eigenvalue weighted by Crippen LogP contribution is 2.19. The summed E-state index contributed by atoms with van der Waals surface area (Å²) >= 11 is 0. The summed E-state index contributed by atoms with van der Waals surface area (Å²) in [4.78, 5) is 2.43. The minimum Gasteiger partial charge on any atom is -0.375 e. The predicted molar refractivity (Wildman–Crippen MR) is 61.9 cm³/mol. The molecule has 2 nitrogen and oxygen atoms in total. The van der Waals surface area contributed by atoms with Gasteiger partial charge in [0.15, 0.2) is 0 Å². The lowest BCUT2D eigenvalue weighted by Crippen LogP contribution is -2.21. The molecule has 2 heteroatoms. The second-order valence-corrected chi connectivity index (χ2v) is 4.39. The molecule has 0 aromatic rings. The van der Waals surface area contributed by atoms with Crippen molar-refractivity contribution in [3.8, 4) is 0 Å². The van der Waals surface area contributed by atoms with Crippen molar-refractivity contribution in [1.29, 1.82) is 0 Å². The number of hydrogen-bond acceptors (Lipinski definition) is 2. The zero-order valence-corrected chi connectivity index (χ0v) is 9.59. The Morgan fingerprint density at radius 1 is 1.36 bits per heavy atom. The zero-order valence-electron chi connectivity index (χ0n) is 9.59. The normalized spacial score (nSPS) is 22.7. The van der Waals surface area contributed by atoms with Crippen molar-refractivity contribution < 1.29 is 0 Å². The third-order valence-corrected chi connectivity index (χ3v) is 2.78. The van der Waals surface area contributed by atoms with Gasteiger partial charge in [0.1, 0.15) is 0 Å². The van der Waals surface area contributed by atoms with E-state index in [1.165, 1.54) is 24.2 Å². The predicted octanol–water partition coefficient (Wildman–Crippen LogP) is 2.14. The van der Waals surface area contributed by atoms with Gasteiger partial charge in [0, 0.05) is 18.8 Å². The standard InChI is InChI=1S/C12H22N2/c1-10(2)4-5-11(3)14-7-6-12(8-13)9-14/h4-5,12H,6-9,13H2,1-3H3/b11-5+. The number of rotatable bonds is 3. The summed E-state index contributed by atoms with van der Waals surface area (Å²) in [6.45, 7) is 9.55. The van der Waals surface area contributed by atoms with E-state index in [0.29, 0.717) is 5.92 Å². The van der Waals surface area contributed by atoms with Crippen LogP contribution in [0.5, 0.6) is 0 Å². The van der Waals surface area contributed by atoms with Crippen LogP contribution in [0.15, 0.2) is 23.4 Å². The molecule has 2 N–H and O–H groups in total. The lowest BCUT2D eigenvalue weighted by Gasteiger charge is -2.18. The van der Waals surface area contributed by atoms with E-state index >= 15 is 0 Å². The summed E-state index contributed by atoms with van der Waals surface area (Å²) in [7, 11) is 0. The fourth-order valence-electron chi connectivity index (χ4n) is 1.74. The molecule has 0 aromatic heterocycles. The third-order valence-electron chi connectivity index (χ3n) is 2.78. The number of hydrogen-bond donors (Lipinski definition) is 1. The highest BCUT2D eigenvalue weighted by molar-refractivity contribution is 5.14. The summed E-state index contributed by atoms with van der Waals surface area (Å²) in [6.07, 6.45) is 5.62. The third kappa shape index (κ3) is 3.18. The molecular weight excluding hydrogens is 172 g/mol. The smallest absolute Gasteiger partial charge is 0.0215 e. The summed E-state index contributed by atoms with van der Waals surface area (Å²) in [5.41, 5.74) is 8.37. The Labute approximate surface area is 87.5 Å². The molecule has 1 rings (SSSR count). The minimum absolute atomic E-state index is 0.699. The summed E-state index contributed by atoms with van der Waals surface area (Å²) in [5.74, 6) is 0.699. The van der Waals surface area contributed by atoms with Crippen LogP contribution in [0.3, 0.4) is 0 Å². The molecule has 0 aromatic carbocycles. The quantitative estimate of drug-likeness (QED) is 0.697. The molecule has 1 unspecified atom stereocenters. The molecule has 1 fully saturated rings. The van der Waals surface area contributed by atoms with Crippen LogP contribution in [0.4, 0.5) is 0 Å². The van der Waals surface area contributed by atoms with Crippen molar-refractivity contribution in [3.63, 3.8) is 0 Å². The van der Waals surface area contributed by atoms with Gasteiger partial charge in [0.25, 0.3) is 0 Å². The molecule has 0 spiro atoms. The molecule has 1 aliphatic rings. The monoisotopic (exact) mass is 194 g/mol. The van der Waals surface area contributed by atoms with E-state index in [0.717, 1.165) is 13.1 Å². The summed E-state index contributed by atoms with van der Waals surface area (Å²) in [5, 5.41) is 0. The first-order valence-electron chi connectivity index (χ1n) is 5.40. The first-order chi connectivity index (χ1) is 6.63. The van der Waals surface area contributed by atoms with Crippen LogP contribution in [0.25, 0.3) is 0 Å². The fraction of sp³-hybridized carbons (Fsp3) is 0.667. The van der Waals surface area contributed by atoms with Gasteiger partial charge in [0.05, 0.1) is 0 Å². The van der Waals surface area contributed by atoms with E-state index in [1.807, 2.05) is 0 Å². The number of nitrogens with two attached hydrogens (primary N) is 1. The Balaban J connectivity index is 2.50. The SMILES string of the molecule is CC(C)=C/C=C(\C)N1CCC(CN)C1. The molecule has 0 bridgehead atoms. The zero-order chi connectivity index (χ0) is 10.6. The van der Waals surface area contributed by atoms with Crippen molar-refractivity contribution in [2.45, 2.75) is 27.2 Å². The van der Waals surface area contributed by atoms with E-state index in [9.17, 15) is 0 Å². The largest absolute Gasteiger partial charge is 0.375 e. The Kier molecular flexibility index (Phi) is 4.21. The Morgan fingerprint density at radius 2 is 2.07 bits per heavy atom.